The van der Waals surface area contributed by atoms with E-state index >= 15 is 0 Å². The van der Waals surface area contributed by atoms with Crippen LogP contribution in [0.4, 0.5) is 5.13 Å². The van der Waals surface area contributed by atoms with E-state index in [0.717, 1.165) is 15.8 Å². The van der Waals surface area contributed by atoms with Gasteiger partial charge in [0.2, 0.25) is 15.9 Å². The van der Waals surface area contributed by atoms with Crippen molar-refractivity contribution in [1.82, 2.24) is 9.29 Å². The molecule has 2 heterocycles. The number of hydrogen-bond donors (Lipinski definition) is 1. The van der Waals surface area contributed by atoms with Crippen molar-refractivity contribution in [3.8, 4) is 0 Å². The second-order valence-corrected chi connectivity index (χ2v) is 10.5. The van der Waals surface area contributed by atoms with Crippen LogP contribution in [0.2, 0.25) is 5.02 Å². The van der Waals surface area contributed by atoms with Gasteiger partial charge in [0.1, 0.15) is 0 Å². The molecule has 6 nitrogen and oxygen atoms in total. The molecule has 1 amide bonds. The molecular formula is C20H20ClN3O3S2. The minimum Gasteiger partial charge on any atom is -0.302 e. The van der Waals surface area contributed by atoms with E-state index in [-0.39, 0.29) is 17.3 Å². The number of piperidine rings is 1. The summed E-state index contributed by atoms with van der Waals surface area (Å²) in [6.45, 7) is 2.53. The smallest absolute Gasteiger partial charge is 0.243 e. The van der Waals surface area contributed by atoms with Crippen LogP contribution in [0.3, 0.4) is 0 Å². The number of rotatable bonds is 4. The second kappa shape index (κ2) is 8.02. The predicted molar refractivity (Wildman–Crippen MR) is 116 cm³/mol. The topological polar surface area (TPSA) is 79.4 Å². The Bertz CT molecular complexity index is 1160. The third kappa shape index (κ3) is 4.16. The molecule has 0 saturated carbocycles. The number of aromatic nitrogens is 1. The first-order valence-electron chi connectivity index (χ1n) is 9.27. The summed E-state index contributed by atoms with van der Waals surface area (Å²) < 4.78 is 28.2. The maximum Gasteiger partial charge on any atom is 0.243 e. The Morgan fingerprint density at radius 3 is 2.72 bits per heavy atom. The van der Waals surface area contributed by atoms with Crippen LogP contribution in [0.25, 0.3) is 10.2 Å². The average molecular weight is 450 g/mol. The molecule has 9 heteroatoms. The number of amides is 1. The predicted octanol–water partition coefficient (Wildman–Crippen LogP) is 4.30. The Balaban J connectivity index is 1.49. The number of nitrogens with one attached hydrogen (secondary N) is 1. The molecule has 1 aliphatic rings. The number of carbonyl (C=O) groups is 1. The number of halogens is 1. The number of nitrogens with zero attached hydrogens (tertiary/aromatic N) is 2. The molecule has 1 saturated heterocycles. The summed E-state index contributed by atoms with van der Waals surface area (Å²) in [5.74, 6) is -0.614. The van der Waals surface area contributed by atoms with Crippen LogP contribution in [0.5, 0.6) is 0 Å². The molecule has 1 fully saturated rings. The van der Waals surface area contributed by atoms with Gasteiger partial charge >= 0.3 is 0 Å². The van der Waals surface area contributed by atoms with Gasteiger partial charge in [-0.3, -0.25) is 4.79 Å². The molecule has 1 N–H and O–H groups in total. The van der Waals surface area contributed by atoms with Crippen molar-refractivity contribution < 1.29 is 13.2 Å². The van der Waals surface area contributed by atoms with Gasteiger partial charge in [0, 0.05) is 18.1 Å². The monoisotopic (exact) mass is 449 g/mol. The number of anilines is 1. The van der Waals surface area contributed by atoms with Gasteiger partial charge in [0.05, 0.1) is 21.0 Å². The summed E-state index contributed by atoms with van der Waals surface area (Å²) in [7, 11) is -3.66. The first kappa shape index (κ1) is 20.3. The molecule has 2 aromatic carbocycles. The lowest BCUT2D eigenvalue weighted by molar-refractivity contribution is -0.120. The number of thiazole rings is 1. The molecule has 1 aliphatic heterocycles. The fraction of sp³-hybridized carbons (Fsp3) is 0.300. The van der Waals surface area contributed by atoms with Gasteiger partial charge < -0.3 is 5.32 Å². The maximum absolute atomic E-state index is 12.9. The summed E-state index contributed by atoms with van der Waals surface area (Å²) in [6.07, 6.45) is 1.27. The van der Waals surface area contributed by atoms with Crippen LogP contribution < -0.4 is 5.32 Å². The van der Waals surface area contributed by atoms with E-state index in [1.165, 1.54) is 27.8 Å². The molecule has 0 bridgehead atoms. The number of para-hydroxylation sites is 1. The third-order valence-electron chi connectivity index (χ3n) is 5.06. The number of carbonyl (C=O) groups excluding carboxylic acids is 1. The first-order valence-corrected chi connectivity index (χ1v) is 11.9. The van der Waals surface area contributed by atoms with E-state index in [4.69, 9.17) is 11.6 Å². The average Bonchev–Trinajstić information content (AvgIpc) is 3.12. The van der Waals surface area contributed by atoms with Crippen molar-refractivity contribution in [3.63, 3.8) is 0 Å². The Morgan fingerprint density at radius 1 is 1.24 bits per heavy atom. The molecule has 1 atom stereocenters. The molecule has 0 radical (unpaired) electrons. The van der Waals surface area contributed by atoms with Gasteiger partial charge in [0.25, 0.3) is 0 Å². The molecule has 29 heavy (non-hydrogen) atoms. The number of sulfonamides is 1. The number of aryl methyl sites for hydroxylation is 1. The van der Waals surface area contributed by atoms with E-state index in [9.17, 15) is 13.2 Å². The summed E-state index contributed by atoms with van der Waals surface area (Å²) in [6, 6.07) is 12.0. The highest BCUT2D eigenvalue weighted by atomic mass is 35.5. The van der Waals surface area contributed by atoms with E-state index in [1.807, 2.05) is 25.1 Å². The standard InChI is InChI=1S/C20H20ClN3O3S2/c1-13-4-2-6-17-18(13)22-20(28-17)23-19(25)14-5-3-11-24(12-14)29(26,27)16-9-7-15(21)8-10-16/h2,4,6-10,14H,3,5,11-12H2,1H3,(H,22,23,25). The van der Waals surface area contributed by atoms with Gasteiger partial charge in [-0.25, -0.2) is 13.4 Å². The lowest BCUT2D eigenvalue weighted by Gasteiger charge is -2.31. The zero-order valence-corrected chi connectivity index (χ0v) is 18.1. The third-order valence-corrected chi connectivity index (χ3v) is 8.12. The highest BCUT2D eigenvalue weighted by Gasteiger charge is 2.33. The Kier molecular flexibility index (Phi) is 5.61. The van der Waals surface area contributed by atoms with Crippen molar-refractivity contribution in [2.45, 2.75) is 24.7 Å². The summed E-state index contributed by atoms with van der Waals surface area (Å²) >= 11 is 7.28. The lowest BCUT2D eigenvalue weighted by Crippen LogP contribution is -2.43. The lowest BCUT2D eigenvalue weighted by atomic mass is 9.99. The fourth-order valence-corrected chi connectivity index (χ4v) is 6.07. The summed E-state index contributed by atoms with van der Waals surface area (Å²) in [4.78, 5) is 17.5. The summed E-state index contributed by atoms with van der Waals surface area (Å²) in [5.41, 5.74) is 1.93. The Morgan fingerprint density at radius 2 is 2.00 bits per heavy atom. The van der Waals surface area contributed by atoms with Crippen LogP contribution in [-0.2, 0) is 14.8 Å². The second-order valence-electron chi connectivity index (χ2n) is 7.09. The van der Waals surface area contributed by atoms with Gasteiger partial charge in [-0.1, -0.05) is 35.1 Å². The zero-order valence-electron chi connectivity index (χ0n) is 15.8. The molecule has 0 spiro atoms. The van der Waals surface area contributed by atoms with Gasteiger partial charge in [-0.15, -0.1) is 0 Å². The number of benzene rings is 2. The van der Waals surface area contributed by atoms with Crippen LogP contribution in [0.1, 0.15) is 18.4 Å². The van der Waals surface area contributed by atoms with Crippen molar-refractivity contribution in [1.29, 1.82) is 0 Å². The van der Waals surface area contributed by atoms with Crippen molar-refractivity contribution in [3.05, 3.63) is 53.1 Å². The number of fused-ring (bicyclic) bond motifs is 1. The van der Waals surface area contributed by atoms with Crippen LogP contribution >= 0.6 is 22.9 Å². The molecule has 0 aliphatic carbocycles. The van der Waals surface area contributed by atoms with Crippen LogP contribution in [-0.4, -0.2) is 36.7 Å². The molecule has 1 unspecified atom stereocenters. The molecule has 4 rings (SSSR count). The SMILES string of the molecule is Cc1cccc2sc(NC(=O)C3CCCN(S(=O)(=O)c4ccc(Cl)cc4)C3)nc12. The van der Waals surface area contributed by atoms with Crippen LogP contribution in [0.15, 0.2) is 47.4 Å². The minimum atomic E-state index is -3.66. The minimum absolute atomic E-state index is 0.153. The normalized spacial score (nSPS) is 18.1. The van der Waals surface area contributed by atoms with Crippen molar-refractivity contribution in [2.75, 3.05) is 18.4 Å². The van der Waals surface area contributed by atoms with Gasteiger partial charge in [0.15, 0.2) is 5.13 Å². The Hall–Kier alpha value is -2.00. The number of hydrogen-bond acceptors (Lipinski definition) is 5. The first-order chi connectivity index (χ1) is 13.8. The summed E-state index contributed by atoms with van der Waals surface area (Å²) in [5, 5.41) is 3.89. The van der Waals surface area contributed by atoms with Gasteiger partial charge in [-0.05, 0) is 55.7 Å². The largest absolute Gasteiger partial charge is 0.302 e. The van der Waals surface area contributed by atoms with Crippen molar-refractivity contribution >= 4 is 54.2 Å². The maximum atomic E-state index is 12.9. The molecule has 1 aromatic heterocycles. The zero-order chi connectivity index (χ0) is 20.6. The van der Waals surface area contributed by atoms with Crippen LogP contribution in [0, 0.1) is 12.8 Å². The fourth-order valence-electron chi connectivity index (χ4n) is 3.48. The van der Waals surface area contributed by atoms with Gasteiger partial charge in [-0.2, -0.15) is 4.31 Å². The van der Waals surface area contributed by atoms with E-state index in [0.29, 0.717) is 29.5 Å². The molecule has 3 aromatic rings. The van der Waals surface area contributed by atoms with Crippen molar-refractivity contribution in [2.24, 2.45) is 5.92 Å². The highest BCUT2D eigenvalue weighted by Crippen LogP contribution is 2.30. The molecule has 152 valence electrons. The quantitative estimate of drug-likeness (QED) is 0.644. The molecular weight excluding hydrogens is 430 g/mol. The highest BCUT2D eigenvalue weighted by molar-refractivity contribution is 7.89. The van der Waals surface area contributed by atoms with E-state index in [1.54, 1.807) is 12.1 Å². The van der Waals surface area contributed by atoms with E-state index < -0.39 is 15.9 Å². The Labute approximate surface area is 178 Å². The van der Waals surface area contributed by atoms with E-state index in [2.05, 4.69) is 10.3 Å².